The number of phenols is 1. The molecule has 0 bridgehead atoms. The lowest BCUT2D eigenvalue weighted by Crippen LogP contribution is -2.63. The number of aliphatic hydroxyl groups excluding tert-OH is 1. The topological polar surface area (TPSA) is 688 Å². The number of primary amides is 1. The summed E-state index contributed by atoms with van der Waals surface area (Å²) in [5.41, 5.74) is 20.8. The maximum atomic E-state index is 15.6. The van der Waals surface area contributed by atoms with Gasteiger partial charge in [-0.1, -0.05) is 189 Å². The van der Waals surface area contributed by atoms with Crippen molar-refractivity contribution in [2.75, 3.05) is 31.6 Å². The minimum Gasteiger partial charge on any atom is -0.508 e. The van der Waals surface area contributed by atoms with Crippen LogP contribution in [-0.2, 0) is 107 Å². The van der Waals surface area contributed by atoms with Gasteiger partial charge in [-0.2, -0.15) is 0 Å². The lowest BCUT2D eigenvalue weighted by atomic mass is 9.84. The Bertz CT molecular complexity index is 5470. The van der Waals surface area contributed by atoms with E-state index in [2.05, 4.69) is 90.1 Å². The standard InChI is InChI=1S/C101H141N23O20S/c1-54(2)44-72-88(133)112-70(32-22-42-107-100(103)104)87(132)115-76(46-61-26-16-12-17-27-61)93(138)122-83(56(5)6)97(142)123-84(59(9)125)98(143)120-79(95(140)110-57(7)85(102)130)52-145-53-80(127)111-73(45-60-24-14-11-15-25-60)89(134)116-74(48-63-36-40-67(126)41-37-63)91(136)118-78(50-81(128)129)92(137)117-77(49-66-51-109-69-31-21-20-30-68(66)69)94(139)121-82(55(3)4)96(141)119-75(47-62-34-38-65(39-35-62)64-28-18-13-19-29-64)90(135)113-71(33-23-43-108-101(105)106)99(144)124(10)58(8)86(131)114-72/h11,13-15,18-21,24-25,28-31,34-41,51,54-59,61,70-79,82-84,109,125-126H,12,16-17,22-23,26-27,32-33,42-50,52-53H2,1-10H3,(H2,102,130)(H,110,140)(H,111,127)(H,112,133)(H,113,135)(H,114,131)(H,115,132)(H,116,134)(H,117,137)(H,118,136)(H,119,141)(H,120,143)(H,121,139)(H,122,138)(H,123,142)(H,128,129)(H4,103,104,107)(H4,105,106,108)/t57-,58-,59+,70-,71-,72+,73-,74-,75-,76-,77-,78-,79-,82-,83-,84-/m0/s1. The number of amides is 16. The summed E-state index contributed by atoms with van der Waals surface area (Å²) in [4.78, 5) is 256. The molecule has 1 saturated carbocycles. The van der Waals surface area contributed by atoms with Gasteiger partial charge in [0.2, 0.25) is 94.5 Å². The fourth-order valence-corrected chi connectivity index (χ4v) is 17.7. The number of thioether (sulfide) groups is 1. The molecule has 44 heteroatoms. The molecule has 1 aliphatic carbocycles. The zero-order valence-corrected chi connectivity index (χ0v) is 84.2. The number of aromatic nitrogens is 1. The highest BCUT2D eigenvalue weighted by molar-refractivity contribution is 8.00. The number of likely N-dealkylation sites (N-methyl/N-ethyl adjacent to an activating group) is 1. The molecular formula is C101H141N23O20S. The van der Waals surface area contributed by atoms with Crippen molar-refractivity contribution in [1.29, 1.82) is 10.8 Å². The number of aliphatic carboxylic acids is 1. The first kappa shape index (κ1) is 116. The normalized spacial score (nSPS) is 23.4. The van der Waals surface area contributed by atoms with Crippen molar-refractivity contribution in [3.8, 4) is 16.9 Å². The molecule has 1 aromatic heterocycles. The monoisotopic (exact) mass is 2030 g/mol. The number of fused-ring (bicyclic) bond motifs is 1. The number of hydrogen-bond donors (Lipinski definition) is 25. The van der Waals surface area contributed by atoms with Gasteiger partial charge in [-0.25, -0.2) is 0 Å². The van der Waals surface area contributed by atoms with E-state index in [1.54, 1.807) is 127 Å². The number of rotatable bonds is 29. The number of aromatic amines is 1. The number of H-pyrrole nitrogens is 1. The van der Waals surface area contributed by atoms with Crippen LogP contribution in [0.1, 0.15) is 162 Å². The van der Waals surface area contributed by atoms with Crippen molar-refractivity contribution >= 4 is 135 Å². The fourth-order valence-electron chi connectivity index (χ4n) is 16.8. The molecule has 28 N–H and O–H groups in total. The number of carbonyl (C=O) groups is 17. The number of nitrogens with zero attached hydrogens (tertiary/aromatic N) is 1. The summed E-state index contributed by atoms with van der Waals surface area (Å²) >= 11 is 0.716. The Kier molecular flexibility index (Phi) is 45.4. The third kappa shape index (κ3) is 37.2. The van der Waals surface area contributed by atoms with Gasteiger partial charge < -0.3 is 127 Å². The minimum atomic E-state index is -2.08. The van der Waals surface area contributed by atoms with Crippen LogP contribution in [0.2, 0.25) is 0 Å². The maximum absolute atomic E-state index is 15.6. The van der Waals surface area contributed by atoms with Crippen LogP contribution < -0.4 is 102 Å². The van der Waals surface area contributed by atoms with Gasteiger partial charge in [0, 0.05) is 68.7 Å². The number of nitrogens with one attached hydrogen (secondary N) is 19. The SMILES string of the molecule is CC(C)C[C@H]1NC(=O)[C@H](C)N(C)C(=O)[C@H](CCCNC(=N)N)NC(=O)[C@H](Cc2ccc(-c3ccccc3)cc2)NC(=O)[C@H](C(C)C)NC(=O)[C@H](Cc2c[nH]c3ccccc23)NC(=O)[C@H](CC(=O)O)NC(=O)[C@H](Cc2ccc(O)cc2)NC(=O)[C@H](Cc2ccccc2)NC(=O)CSC[C@@H](C(=O)N[C@@H](C)C(N)=O)NC(=O)[C@H]([C@@H](C)O)NC(=O)[C@H](C(C)C)NC(=O)[C@H](CC2CCCCC2)NC(=O)[C@H](CCCNC(=N)N)NC1=O. The van der Waals surface area contributed by atoms with Crippen molar-refractivity contribution in [2.24, 2.45) is 40.9 Å². The molecule has 0 spiro atoms. The Morgan fingerprint density at radius 2 is 0.897 bits per heavy atom. The highest BCUT2D eigenvalue weighted by atomic mass is 32.2. The van der Waals surface area contributed by atoms with Gasteiger partial charge in [0.05, 0.1) is 18.3 Å². The van der Waals surface area contributed by atoms with E-state index in [0.717, 1.165) is 42.2 Å². The van der Waals surface area contributed by atoms with Crippen LogP contribution in [0.15, 0.2) is 140 Å². The summed E-state index contributed by atoms with van der Waals surface area (Å²) in [5, 5.41) is 91.2. The number of para-hydroxylation sites is 1. The number of aromatic hydroxyl groups is 1. The van der Waals surface area contributed by atoms with Crippen LogP contribution in [-0.4, -0.2) is 266 Å². The molecule has 145 heavy (non-hydrogen) atoms. The molecule has 43 nitrogen and oxygen atoms in total. The number of benzene rings is 5. The van der Waals surface area contributed by atoms with Gasteiger partial charge in [-0.3, -0.25) is 92.3 Å². The van der Waals surface area contributed by atoms with Gasteiger partial charge in [-0.05, 0) is 135 Å². The zero-order valence-electron chi connectivity index (χ0n) is 83.3. The second kappa shape index (κ2) is 56.9. The number of carbonyl (C=O) groups excluding carboxylic acids is 16. The van der Waals surface area contributed by atoms with Crippen LogP contribution in [0.4, 0.5) is 0 Å². The predicted molar refractivity (Wildman–Crippen MR) is 544 cm³/mol. The third-order valence-corrected chi connectivity index (χ3v) is 26.1. The smallest absolute Gasteiger partial charge is 0.305 e. The fraction of sp³-hybridized carbons (Fsp3) is 0.495. The molecule has 1 saturated heterocycles. The minimum absolute atomic E-state index is 0.0103. The molecule has 5 aromatic carbocycles. The quantitative estimate of drug-likeness (QED) is 0.0172. The molecule has 2 fully saturated rings. The van der Waals surface area contributed by atoms with Gasteiger partial charge in [0.15, 0.2) is 11.9 Å². The van der Waals surface area contributed by atoms with Crippen molar-refractivity contribution in [2.45, 2.75) is 262 Å². The number of carboxylic acid groups (broad SMARTS) is 1. The van der Waals surface area contributed by atoms with E-state index in [4.69, 9.17) is 28.0 Å². The second-order valence-electron chi connectivity index (χ2n) is 38.0. The number of phenolic OH excluding ortho intramolecular Hbond substituents is 1. The molecule has 16 atom stereocenters. The number of nitrogens with two attached hydrogens (primary N) is 3. The average molecular weight is 2030 g/mol. The van der Waals surface area contributed by atoms with E-state index >= 15 is 47.9 Å². The molecule has 786 valence electrons. The molecule has 8 rings (SSSR count). The van der Waals surface area contributed by atoms with Gasteiger partial charge in [-0.15, -0.1) is 11.8 Å². The van der Waals surface area contributed by atoms with E-state index in [0.29, 0.717) is 52.2 Å². The number of hydrogen-bond acceptors (Lipinski definition) is 22. The number of guanidine groups is 2. The summed E-state index contributed by atoms with van der Waals surface area (Å²) in [5.74, 6) is -22.0. The molecule has 1 aliphatic heterocycles. The molecule has 6 aromatic rings. The molecule has 0 unspecified atom stereocenters. The van der Waals surface area contributed by atoms with E-state index in [1.165, 1.54) is 45.2 Å². The summed E-state index contributed by atoms with van der Waals surface area (Å²) in [7, 11) is 1.28. The highest BCUT2D eigenvalue weighted by Gasteiger charge is 2.42. The van der Waals surface area contributed by atoms with E-state index in [-0.39, 0.29) is 94.0 Å². The number of aliphatic hydroxyl groups is 1. The summed E-state index contributed by atoms with van der Waals surface area (Å²) in [6.45, 7) is 13.5. The zero-order chi connectivity index (χ0) is 106. The Morgan fingerprint density at radius 3 is 1.44 bits per heavy atom. The Balaban J connectivity index is 1.23. The van der Waals surface area contributed by atoms with Crippen LogP contribution >= 0.6 is 11.8 Å². The first-order valence-electron chi connectivity index (χ1n) is 48.8. The Hall–Kier alpha value is -14.7. The lowest BCUT2D eigenvalue weighted by molar-refractivity contribution is -0.143. The maximum Gasteiger partial charge on any atom is 0.305 e. The largest absolute Gasteiger partial charge is 0.508 e. The first-order valence-corrected chi connectivity index (χ1v) is 49.9. The van der Waals surface area contributed by atoms with Crippen LogP contribution in [0.25, 0.3) is 22.0 Å². The van der Waals surface area contributed by atoms with Crippen molar-refractivity contribution in [3.05, 3.63) is 162 Å². The predicted octanol–water partition coefficient (Wildman–Crippen LogP) is 0.408. The molecule has 2 aliphatic rings. The lowest BCUT2D eigenvalue weighted by Gasteiger charge is -2.32. The summed E-state index contributed by atoms with van der Waals surface area (Å²) < 4.78 is 0. The molecule has 16 amide bonds. The Labute approximate surface area is 846 Å². The van der Waals surface area contributed by atoms with E-state index < -0.39 is 245 Å². The summed E-state index contributed by atoms with van der Waals surface area (Å²) in [6.07, 6.45) is 0.711. The van der Waals surface area contributed by atoms with Crippen molar-refractivity contribution in [3.63, 3.8) is 0 Å². The molecular weight excluding hydrogens is 1890 g/mol. The number of carboxylic acids is 1. The summed E-state index contributed by atoms with van der Waals surface area (Å²) in [6, 6.07) is 12.6. The van der Waals surface area contributed by atoms with Gasteiger partial charge >= 0.3 is 5.97 Å². The first-order chi connectivity index (χ1) is 68.8. The highest BCUT2D eigenvalue weighted by Crippen LogP contribution is 2.29. The Morgan fingerprint density at radius 1 is 0.469 bits per heavy atom. The van der Waals surface area contributed by atoms with Crippen LogP contribution in [0.5, 0.6) is 5.75 Å². The van der Waals surface area contributed by atoms with Crippen LogP contribution in [0, 0.1) is 34.5 Å². The molecule has 0 radical (unpaired) electrons. The van der Waals surface area contributed by atoms with E-state index in [9.17, 15) is 48.9 Å². The molecule has 2 heterocycles. The van der Waals surface area contributed by atoms with Gasteiger partial charge in [0.1, 0.15) is 96.4 Å². The average Bonchev–Trinajstić information content (AvgIpc) is 1.69. The van der Waals surface area contributed by atoms with Gasteiger partial charge in [0.25, 0.3) is 0 Å². The van der Waals surface area contributed by atoms with Crippen molar-refractivity contribution in [1.82, 2.24) is 95.0 Å². The second-order valence-corrected chi connectivity index (χ2v) is 39.0. The third-order valence-electron chi connectivity index (χ3n) is 25.1. The van der Waals surface area contributed by atoms with Crippen molar-refractivity contribution < 1.29 is 96.8 Å². The van der Waals surface area contributed by atoms with Crippen LogP contribution in [0.3, 0.4) is 0 Å². The van der Waals surface area contributed by atoms with E-state index in [1.807, 2.05) is 30.3 Å².